The Morgan fingerprint density at radius 2 is 1.79 bits per heavy atom. The first-order valence-corrected chi connectivity index (χ1v) is 6.20. The Morgan fingerprint density at radius 1 is 1.16 bits per heavy atom. The van der Waals surface area contributed by atoms with Crippen LogP contribution in [0.15, 0.2) is 24.3 Å². The molecule has 5 nitrogen and oxygen atoms in total. The van der Waals surface area contributed by atoms with E-state index in [-0.39, 0.29) is 24.3 Å². The fraction of sp³-hybridized carbons (Fsp3) is 0.429. The lowest BCUT2D eigenvalue weighted by molar-refractivity contribution is -0.127. The quantitative estimate of drug-likeness (QED) is 0.808. The number of carbonyl (C=O) groups is 2. The van der Waals surface area contributed by atoms with Crippen LogP contribution in [0.4, 0.5) is 0 Å². The first-order valence-electron chi connectivity index (χ1n) is 6.20. The number of nitrogens with one attached hydrogen (secondary N) is 2. The number of benzene rings is 1. The van der Waals surface area contributed by atoms with Gasteiger partial charge in [-0.1, -0.05) is 26.0 Å². The van der Waals surface area contributed by atoms with Gasteiger partial charge >= 0.3 is 0 Å². The summed E-state index contributed by atoms with van der Waals surface area (Å²) in [6.07, 6.45) is 0. The van der Waals surface area contributed by atoms with Crippen LogP contribution in [0.1, 0.15) is 19.4 Å². The molecule has 2 N–H and O–H groups in total. The van der Waals surface area contributed by atoms with Crippen molar-refractivity contribution in [1.82, 2.24) is 10.6 Å². The molecule has 0 unspecified atom stereocenters. The van der Waals surface area contributed by atoms with Crippen LogP contribution in [0.3, 0.4) is 0 Å². The molecule has 5 heteroatoms. The molecule has 0 saturated heterocycles. The topological polar surface area (TPSA) is 67.4 Å². The van der Waals surface area contributed by atoms with Crippen LogP contribution in [0.2, 0.25) is 0 Å². The van der Waals surface area contributed by atoms with Crippen LogP contribution in [-0.2, 0) is 16.1 Å². The third-order valence-corrected chi connectivity index (χ3v) is 2.60. The molecule has 104 valence electrons. The van der Waals surface area contributed by atoms with Crippen molar-refractivity contribution < 1.29 is 14.3 Å². The van der Waals surface area contributed by atoms with Crippen LogP contribution in [0.5, 0.6) is 5.75 Å². The van der Waals surface area contributed by atoms with E-state index in [2.05, 4.69) is 10.6 Å². The maximum Gasteiger partial charge on any atom is 0.239 e. The summed E-state index contributed by atoms with van der Waals surface area (Å²) < 4.78 is 5.05. The number of amides is 2. The number of rotatable bonds is 6. The zero-order chi connectivity index (χ0) is 14.3. The van der Waals surface area contributed by atoms with E-state index in [1.165, 1.54) is 0 Å². The second-order valence-electron chi connectivity index (χ2n) is 4.50. The first kappa shape index (κ1) is 15.0. The van der Waals surface area contributed by atoms with Gasteiger partial charge in [0.2, 0.25) is 11.8 Å². The van der Waals surface area contributed by atoms with Gasteiger partial charge in [-0.25, -0.2) is 0 Å². The van der Waals surface area contributed by atoms with Gasteiger partial charge in [0.1, 0.15) is 5.75 Å². The van der Waals surface area contributed by atoms with E-state index in [0.717, 1.165) is 11.3 Å². The Labute approximate surface area is 113 Å². The lowest BCUT2D eigenvalue weighted by Crippen LogP contribution is -2.38. The molecule has 0 aromatic heterocycles. The van der Waals surface area contributed by atoms with E-state index in [9.17, 15) is 9.59 Å². The molecule has 0 aliphatic rings. The van der Waals surface area contributed by atoms with Gasteiger partial charge in [-0.3, -0.25) is 9.59 Å². The molecule has 0 heterocycles. The largest absolute Gasteiger partial charge is 0.497 e. The fourth-order valence-electron chi connectivity index (χ4n) is 1.38. The standard InChI is InChI=1S/C14H20N2O3/c1-10(2)14(18)16-9-13(17)15-8-11-4-6-12(19-3)7-5-11/h4-7,10H,8-9H2,1-3H3,(H,15,17)(H,16,18). The highest BCUT2D eigenvalue weighted by Crippen LogP contribution is 2.10. The predicted octanol–water partition coefficient (Wildman–Crippen LogP) is 1.08. The number of carbonyl (C=O) groups excluding carboxylic acids is 2. The van der Waals surface area contributed by atoms with Crippen LogP contribution in [0.25, 0.3) is 0 Å². The van der Waals surface area contributed by atoms with Crippen molar-refractivity contribution >= 4 is 11.8 Å². The normalized spacial score (nSPS) is 10.1. The van der Waals surface area contributed by atoms with E-state index in [0.29, 0.717) is 6.54 Å². The van der Waals surface area contributed by atoms with Gasteiger partial charge in [-0.2, -0.15) is 0 Å². The smallest absolute Gasteiger partial charge is 0.239 e. The fourth-order valence-corrected chi connectivity index (χ4v) is 1.38. The SMILES string of the molecule is COc1ccc(CNC(=O)CNC(=O)C(C)C)cc1. The number of ether oxygens (including phenoxy) is 1. The number of methoxy groups -OCH3 is 1. The third kappa shape index (κ3) is 5.42. The van der Waals surface area contributed by atoms with Gasteiger partial charge in [0.05, 0.1) is 13.7 Å². The molecule has 0 aliphatic carbocycles. The summed E-state index contributed by atoms with van der Waals surface area (Å²) in [4.78, 5) is 22.8. The average molecular weight is 264 g/mol. The van der Waals surface area contributed by atoms with Gasteiger partial charge in [0, 0.05) is 12.5 Å². The highest BCUT2D eigenvalue weighted by Gasteiger charge is 2.08. The second-order valence-corrected chi connectivity index (χ2v) is 4.50. The van der Waals surface area contributed by atoms with Crippen LogP contribution >= 0.6 is 0 Å². The minimum absolute atomic E-state index is 0.00711. The molecule has 0 radical (unpaired) electrons. The molecular weight excluding hydrogens is 244 g/mol. The number of hydrogen-bond donors (Lipinski definition) is 2. The van der Waals surface area contributed by atoms with Crippen LogP contribution in [-0.4, -0.2) is 25.5 Å². The molecule has 2 amide bonds. The first-order chi connectivity index (χ1) is 9.02. The van der Waals surface area contributed by atoms with Crippen molar-refractivity contribution in [3.05, 3.63) is 29.8 Å². The van der Waals surface area contributed by atoms with E-state index in [1.807, 2.05) is 24.3 Å². The second kappa shape index (κ2) is 7.41. The van der Waals surface area contributed by atoms with Crippen molar-refractivity contribution in [1.29, 1.82) is 0 Å². The lowest BCUT2D eigenvalue weighted by atomic mass is 10.2. The summed E-state index contributed by atoms with van der Waals surface area (Å²) >= 11 is 0. The van der Waals surface area contributed by atoms with Crippen LogP contribution < -0.4 is 15.4 Å². The van der Waals surface area contributed by atoms with E-state index < -0.39 is 0 Å². The molecule has 1 aromatic carbocycles. The van der Waals surface area contributed by atoms with Crippen LogP contribution in [0, 0.1) is 5.92 Å². The minimum atomic E-state index is -0.204. The maximum atomic E-state index is 11.5. The van der Waals surface area contributed by atoms with Crippen molar-refractivity contribution in [2.75, 3.05) is 13.7 Å². The van der Waals surface area contributed by atoms with E-state index in [4.69, 9.17) is 4.74 Å². The molecular formula is C14H20N2O3. The highest BCUT2D eigenvalue weighted by atomic mass is 16.5. The number of hydrogen-bond acceptors (Lipinski definition) is 3. The maximum absolute atomic E-state index is 11.5. The summed E-state index contributed by atoms with van der Waals surface area (Å²) in [7, 11) is 1.61. The Bertz CT molecular complexity index is 427. The Kier molecular flexibility index (Phi) is 5.85. The van der Waals surface area contributed by atoms with Gasteiger partial charge in [-0.05, 0) is 17.7 Å². The van der Waals surface area contributed by atoms with Gasteiger partial charge in [0.25, 0.3) is 0 Å². The third-order valence-electron chi connectivity index (χ3n) is 2.60. The Morgan fingerprint density at radius 3 is 2.32 bits per heavy atom. The van der Waals surface area contributed by atoms with Gasteiger partial charge in [-0.15, -0.1) is 0 Å². The Balaban J connectivity index is 2.31. The van der Waals surface area contributed by atoms with Gasteiger partial charge < -0.3 is 15.4 Å². The summed E-state index contributed by atoms with van der Waals surface area (Å²) in [5.74, 6) is 0.332. The minimum Gasteiger partial charge on any atom is -0.497 e. The molecule has 0 aliphatic heterocycles. The zero-order valence-corrected chi connectivity index (χ0v) is 11.5. The molecule has 1 rings (SSSR count). The van der Waals surface area contributed by atoms with Crippen molar-refractivity contribution in [3.63, 3.8) is 0 Å². The average Bonchev–Trinajstić information content (AvgIpc) is 2.42. The monoisotopic (exact) mass is 264 g/mol. The summed E-state index contributed by atoms with van der Waals surface area (Å²) in [6.45, 7) is 4.00. The molecule has 0 spiro atoms. The van der Waals surface area contributed by atoms with E-state index in [1.54, 1.807) is 21.0 Å². The lowest BCUT2D eigenvalue weighted by Gasteiger charge is -2.09. The molecule has 0 saturated carbocycles. The summed E-state index contributed by atoms with van der Waals surface area (Å²) in [5.41, 5.74) is 0.976. The van der Waals surface area contributed by atoms with Gasteiger partial charge in [0.15, 0.2) is 0 Å². The van der Waals surface area contributed by atoms with Crippen molar-refractivity contribution in [2.24, 2.45) is 5.92 Å². The van der Waals surface area contributed by atoms with E-state index >= 15 is 0 Å². The van der Waals surface area contributed by atoms with Crippen molar-refractivity contribution in [2.45, 2.75) is 20.4 Å². The van der Waals surface area contributed by atoms with Crippen molar-refractivity contribution in [3.8, 4) is 5.75 Å². The highest BCUT2D eigenvalue weighted by molar-refractivity contribution is 5.85. The summed E-state index contributed by atoms with van der Waals surface area (Å²) in [5, 5.41) is 5.30. The molecule has 0 fully saturated rings. The molecule has 0 bridgehead atoms. The Hall–Kier alpha value is -2.04. The predicted molar refractivity (Wildman–Crippen MR) is 72.7 cm³/mol. The zero-order valence-electron chi connectivity index (χ0n) is 11.5. The molecule has 0 atom stereocenters. The molecule has 1 aromatic rings. The summed E-state index contributed by atoms with van der Waals surface area (Å²) in [6, 6.07) is 7.43. The molecule has 19 heavy (non-hydrogen) atoms.